The molecular weight excluding hydrogens is 462 g/mol. The van der Waals surface area contributed by atoms with Crippen LogP contribution in [0.15, 0.2) is 42.9 Å². The summed E-state index contributed by atoms with van der Waals surface area (Å²) >= 11 is 5.80. The van der Waals surface area contributed by atoms with Gasteiger partial charge in [0.2, 0.25) is 11.6 Å². The molecular formula is C17H10ClF4N7O3. The Morgan fingerprint density at radius 1 is 1.06 bits per heavy atom. The van der Waals surface area contributed by atoms with E-state index >= 15 is 0 Å². The van der Waals surface area contributed by atoms with Crippen LogP contribution in [0, 0.1) is 15.9 Å². The van der Waals surface area contributed by atoms with E-state index in [2.05, 4.69) is 31.1 Å². The molecule has 0 aliphatic carbocycles. The van der Waals surface area contributed by atoms with Gasteiger partial charge >= 0.3 is 11.9 Å². The van der Waals surface area contributed by atoms with Crippen LogP contribution in [-0.2, 0) is 6.18 Å². The summed E-state index contributed by atoms with van der Waals surface area (Å²) in [5.74, 6) is -2.56. The van der Waals surface area contributed by atoms with E-state index in [1.807, 2.05) is 0 Å². The number of nitrogens with one attached hydrogen (secondary N) is 3. The smallest absolute Gasteiger partial charge is 0.318 e. The van der Waals surface area contributed by atoms with Crippen molar-refractivity contribution in [2.24, 2.45) is 0 Å². The molecule has 2 aromatic heterocycles. The first kappa shape index (κ1) is 22.6. The number of benzene rings is 1. The maximum absolute atomic E-state index is 13.0. The zero-order valence-corrected chi connectivity index (χ0v) is 16.2. The average molecular weight is 472 g/mol. The molecule has 32 heavy (non-hydrogen) atoms. The van der Waals surface area contributed by atoms with Crippen molar-refractivity contribution in [3.8, 4) is 0 Å². The van der Waals surface area contributed by atoms with Gasteiger partial charge in [-0.1, -0.05) is 11.6 Å². The summed E-state index contributed by atoms with van der Waals surface area (Å²) in [6, 6.07) is 5.06. The Bertz CT molecular complexity index is 1180. The Balaban J connectivity index is 1.84. The monoisotopic (exact) mass is 471 g/mol. The van der Waals surface area contributed by atoms with E-state index in [1.165, 1.54) is 12.1 Å². The van der Waals surface area contributed by atoms with E-state index in [9.17, 15) is 32.5 Å². The van der Waals surface area contributed by atoms with Crippen molar-refractivity contribution in [2.75, 3.05) is 10.7 Å². The summed E-state index contributed by atoms with van der Waals surface area (Å²) in [6.07, 6.45) is -3.31. The van der Waals surface area contributed by atoms with Gasteiger partial charge in [0.1, 0.15) is 12.1 Å². The minimum absolute atomic E-state index is 0.0506. The lowest BCUT2D eigenvalue weighted by Crippen LogP contribution is -2.30. The fraction of sp³-hybridized carbons (Fsp3) is 0.0588. The quantitative estimate of drug-likeness (QED) is 0.278. The second kappa shape index (κ2) is 8.97. The molecule has 3 aromatic rings. The van der Waals surface area contributed by atoms with Gasteiger partial charge in [0.25, 0.3) is 5.91 Å². The molecule has 0 saturated carbocycles. The van der Waals surface area contributed by atoms with Gasteiger partial charge in [0.15, 0.2) is 5.82 Å². The molecule has 0 fully saturated rings. The fourth-order valence-corrected chi connectivity index (χ4v) is 2.53. The number of nitrogens with zero attached hydrogens (tertiary/aromatic N) is 4. The Kier molecular flexibility index (Phi) is 6.34. The zero-order valence-electron chi connectivity index (χ0n) is 15.4. The first-order valence-corrected chi connectivity index (χ1v) is 8.75. The molecule has 0 spiro atoms. The topological polar surface area (TPSA) is 135 Å². The second-order valence-corrected chi connectivity index (χ2v) is 6.35. The van der Waals surface area contributed by atoms with Crippen molar-refractivity contribution < 1.29 is 27.3 Å². The molecule has 3 rings (SSSR count). The molecule has 3 N–H and O–H groups in total. The SMILES string of the molecule is O=C(NNc1ncnc(Nc2ncc(C(F)(F)F)cc2Cl)c1[N+](=O)[O-])c1ccc(F)cc1. The summed E-state index contributed by atoms with van der Waals surface area (Å²) < 4.78 is 51.2. The van der Waals surface area contributed by atoms with Crippen LogP contribution in [0.3, 0.4) is 0 Å². The second-order valence-electron chi connectivity index (χ2n) is 5.94. The van der Waals surface area contributed by atoms with Gasteiger partial charge in [-0.15, -0.1) is 0 Å². The first-order chi connectivity index (χ1) is 15.1. The van der Waals surface area contributed by atoms with Crippen LogP contribution in [0.1, 0.15) is 15.9 Å². The fourth-order valence-electron chi connectivity index (χ4n) is 2.32. The lowest BCUT2D eigenvalue weighted by atomic mass is 10.2. The minimum Gasteiger partial charge on any atom is -0.318 e. The first-order valence-electron chi connectivity index (χ1n) is 8.37. The number of pyridine rings is 1. The Labute approximate surface area is 180 Å². The number of hydrogen-bond donors (Lipinski definition) is 3. The standard InChI is InChI=1S/C17H10ClF4N7O3/c18-11-5-9(17(20,21)22)6-23-13(11)26-14-12(29(31)32)15(25-7-24-14)27-28-16(30)8-1-3-10(19)4-2-8/h1-7H,(H,28,30)(H2,23,24,25,26,27). The molecule has 1 aromatic carbocycles. The summed E-state index contributed by atoms with van der Waals surface area (Å²) in [6.45, 7) is 0. The predicted octanol–water partition coefficient (Wildman–Crippen LogP) is 4.09. The Morgan fingerprint density at radius 3 is 2.31 bits per heavy atom. The Morgan fingerprint density at radius 2 is 1.72 bits per heavy atom. The van der Waals surface area contributed by atoms with E-state index in [0.29, 0.717) is 12.3 Å². The molecule has 10 nitrogen and oxygen atoms in total. The van der Waals surface area contributed by atoms with E-state index in [-0.39, 0.29) is 11.4 Å². The van der Waals surface area contributed by atoms with Crippen LogP contribution in [-0.4, -0.2) is 25.8 Å². The van der Waals surface area contributed by atoms with Gasteiger partial charge < -0.3 is 5.32 Å². The number of hydrazine groups is 1. The number of aromatic nitrogens is 3. The normalized spacial score (nSPS) is 11.0. The molecule has 15 heteroatoms. The molecule has 2 heterocycles. The number of hydrogen-bond acceptors (Lipinski definition) is 8. The van der Waals surface area contributed by atoms with E-state index < -0.39 is 50.7 Å². The molecule has 166 valence electrons. The van der Waals surface area contributed by atoms with E-state index in [1.54, 1.807) is 0 Å². The molecule has 1 amide bonds. The number of alkyl halides is 3. The van der Waals surface area contributed by atoms with Gasteiger partial charge in [-0.3, -0.25) is 25.8 Å². The molecule has 0 aliphatic heterocycles. The summed E-state index contributed by atoms with van der Waals surface area (Å²) in [5.41, 5.74) is 2.58. The summed E-state index contributed by atoms with van der Waals surface area (Å²) in [7, 11) is 0. The third-order valence-electron chi connectivity index (χ3n) is 3.81. The zero-order chi connectivity index (χ0) is 23.5. The van der Waals surface area contributed by atoms with Gasteiger partial charge in [-0.2, -0.15) is 13.2 Å². The van der Waals surface area contributed by atoms with Crippen LogP contribution in [0.5, 0.6) is 0 Å². The minimum atomic E-state index is -4.68. The molecule has 0 bridgehead atoms. The van der Waals surface area contributed by atoms with E-state index in [4.69, 9.17) is 11.6 Å². The molecule has 0 saturated heterocycles. The number of rotatable bonds is 6. The number of carbonyl (C=O) groups excluding carboxylic acids is 1. The maximum Gasteiger partial charge on any atom is 0.417 e. The van der Waals surface area contributed by atoms with Gasteiger partial charge in [0, 0.05) is 11.8 Å². The van der Waals surface area contributed by atoms with Crippen LogP contribution >= 0.6 is 11.6 Å². The summed E-state index contributed by atoms with van der Waals surface area (Å²) in [5, 5.41) is 13.4. The van der Waals surface area contributed by atoms with Crippen molar-refractivity contribution in [1.82, 2.24) is 20.4 Å². The highest BCUT2D eigenvalue weighted by Crippen LogP contribution is 2.35. The lowest BCUT2D eigenvalue weighted by Gasteiger charge is -2.12. The van der Waals surface area contributed by atoms with Gasteiger partial charge in [-0.05, 0) is 30.3 Å². The molecule has 0 aliphatic rings. The molecule has 0 unspecified atom stereocenters. The van der Waals surface area contributed by atoms with Crippen molar-refractivity contribution in [3.05, 3.63) is 74.9 Å². The third-order valence-corrected chi connectivity index (χ3v) is 4.10. The average Bonchev–Trinajstić information content (AvgIpc) is 2.73. The number of halogens is 5. The Hall–Kier alpha value is -4.07. The van der Waals surface area contributed by atoms with Gasteiger partial charge in [-0.25, -0.2) is 19.3 Å². The number of nitro groups is 1. The maximum atomic E-state index is 13.0. The lowest BCUT2D eigenvalue weighted by molar-refractivity contribution is -0.383. The molecule has 0 radical (unpaired) electrons. The largest absolute Gasteiger partial charge is 0.417 e. The highest BCUT2D eigenvalue weighted by Gasteiger charge is 2.32. The van der Waals surface area contributed by atoms with Crippen LogP contribution < -0.4 is 16.2 Å². The van der Waals surface area contributed by atoms with Crippen molar-refractivity contribution in [1.29, 1.82) is 0 Å². The van der Waals surface area contributed by atoms with Crippen molar-refractivity contribution in [3.63, 3.8) is 0 Å². The van der Waals surface area contributed by atoms with Crippen LogP contribution in [0.25, 0.3) is 0 Å². The predicted molar refractivity (Wildman–Crippen MR) is 104 cm³/mol. The van der Waals surface area contributed by atoms with Crippen LogP contribution in [0.2, 0.25) is 5.02 Å². The summed E-state index contributed by atoms with van der Waals surface area (Å²) in [4.78, 5) is 33.6. The number of amides is 1. The van der Waals surface area contributed by atoms with Crippen molar-refractivity contribution >= 4 is 40.6 Å². The van der Waals surface area contributed by atoms with Gasteiger partial charge in [0.05, 0.1) is 15.5 Å². The van der Waals surface area contributed by atoms with Crippen molar-refractivity contribution in [2.45, 2.75) is 6.18 Å². The number of anilines is 3. The third kappa shape index (κ3) is 5.15. The highest BCUT2D eigenvalue weighted by molar-refractivity contribution is 6.33. The van der Waals surface area contributed by atoms with E-state index in [0.717, 1.165) is 18.5 Å². The number of carbonyl (C=O) groups is 1. The molecule has 0 atom stereocenters. The highest BCUT2D eigenvalue weighted by atomic mass is 35.5. The van der Waals surface area contributed by atoms with Crippen LogP contribution in [0.4, 0.5) is 40.7 Å².